The molecule has 5 rings (SSSR count). The van der Waals surface area contributed by atoms with Crippen molar-refractivity contribution in [1.82, 2.24) is 14.7 Å². The lowest BCUT2D eigenvalue weighted by atomic mass is 10.1. The molecule has 0 radical (unpaired) electrons. The fraction of sp³-hybridized carbons (Fsp3) is 0.200. The van der Waals surface area contributed by atoms with Crippen molar-refractivity contribution in [2.24, 2.45) is 0 Å². The number of anilines is 1. The Morgan fingerprint density at radius 3 is 2.29 bits per heavy atom. The molecule has 0 saturated carbocycles. The minimum atomic E-state index is -0.223. The Hall–Kier alpha value is -3.67. The second-order valence-corrected chi connectivity index (χ2v) is 7.71. The molecule has 0 spiro atoms. The summed E-state index contributed by atoms with van der Waals surface area (Å²) in [4.78, 5) is 16.9. The summed E-state index contributed by atoms with van der Waals surface area (Å²) in [7, 11) is 0. The van der Waals surface area contributed by atoms with Gasteiger partial charge in [0.15, 0.2) is 0 Å². The number of halogens is 1. The number of para-hydroxylation sites is 2. The highest BCUT2D eigenvalue weighted by Gasteiger charge is 2.24. The number of fused-ring (bicyclic) bond motifs is 1. The van der Waals surface area contributed by atoms with E-state index in [0.717, 1.165) is 22.2 Å². The van der Waals surface area contributed by atoms with Gasteiger partial charge in [0, 0.05) is 37.1 Å². The number of hydrogen-bond donors (Lipinski definition) is 0. The van der Waals surface area contributed by atoms with Gasteiger partial charge in [0.2, 0.25) is 5.91 Å². The van der Waals surface area contributed by atoms with Gasteiger partial charge in [0.05, 0.1) is 11.2 Å². The highest BCUT2D eigenvalue weighted by molar-refractivity contribution is 5.94. The lowest BCUT2D eigenvalue weighted by Gasteiger charge is -2.36. The largest absolute Gasteiger partial charge is 0.366 e. The molecule has 3 aromatic carbocycles. The zero-order valence-electron chi connectivity index (χ0n) is 17.1. The maximum absolute atomic E-state index is 14.1. The zero-order valence-corrected chi connectivity index (χ0v) is 17.1. The van der Waals surface area contributed by atoms with E-state index in [1.165, 1.54) is 6.07 Å². The molecule has 0 unspecified atom stereocenters. The van der Waals surface area contributed by atoms with Crippen LogP contribution in [-0.2, 0) is 11.3 Å². The van der Waals surface area contributed by atoms with Crippen LogP contribution in [0.1, 0.15) is 0 Å². The van der Waals surface area contributed by atoms with Crippen molar-refractivity contribution in [2.45, 2.75) is 6.54 Å². The molecular formula is C25H23FN4O. The summed E-state index contributed by atoms with van der Waals surface area (Å²) in [6.45, 7) is 2.55. The van der Waals surface area contributed by atoms with Crippen LogP contribution < -0.4 is 4.90 Å². The molecule has 1 aliphatic rings. The van der Waals surface area contributed by atoms with Gasteiger partial charge in [0.1, 0.15) is 18.1 Å². The summed E-state index contributed by atoms with van der Waals surface area (Å²) in [5, 5.41) is 5.81. The average molecular weight is 414 g/mol. The molecule has 0 N–H and O–H groups in total. The third-order valence-corrected chi connectivity index (χ3v) is 5.82. The highest BCUT2D eigenvalue weighted by atomic mass is 19.1. The van der Waals surface area contributed by atoms with Crippen molar-refractivity contribution in [3.8, 4) is 11.3 Å². The van der Waals surface area contributed by atoms with E-state index in [1.807, 2.05) is 70.5 Å². The fourth-order valence-corrected chi connectivity index (χ4v) is 4.19. The van der Waals surface area contributed by atoms with Crippen molar-refractivity contribution in [1.29, 1.82) is 0 Å². The van der Waals surface area contributed by atoms with Crippen LogP contribution in [0.5, 0.6) is 0 Å². The van der Waals surface area contributed by atoms with E-state index >= 15 is 0 Å². The molecule has 1 saturated heterocycles. The van der Waals surface area contributed by atoms with E-state index in [-0.39, 0.29) is 18.3 Å². The van der Waals surface area contributed by atoms with Gasteiger partial charge in [-0.15, -0.1) is 0 Å². The summed E-state index contributed by atoms with van der Waals surface area (Å²) in [5.74, 6) is -0.195. The molecule has 5 nitrogen and oxygen atoms in total. The number of piperazine rings is 1. The summed E-state index contributed by atoms with van der Waals surface area (Å²) in [5.41, 5.74) is 3.46. The maximum Gasteiger partial charge on any atom is 0.244 e. The SMILES string of the molecule is O=C(Cn1nc(-c2ccccc2)c2ccccc21)N1CCN(c2ccccc2F)CC1. The Balaban J connectivity index is 1.33. The van der Waals surface area contributed by atoms with E-state index in [9.17, 15) is 9.18 Å². The van der Waals surface area contributed by atoms with E-state index in [2.05, 4.69) is 0 Å². The molecule has 1 amide bonds. The van der Waals surface area contributed by atoms with Crippen LogP contribution in [-0.4, -0.2) is 46.8 Å². The van der Waals surface area contributed by atoms with Crippen molar-refractivity contribution < 1.29 is 9.18 Å². The van der Waals surface area contributed by atoms with Crippen molar-refractivity contribution in [2.75, 3.05) is 31.1 Å². The van der Waals surface area contributed by atoms with Crippen LogP contribution in [0.25, 0.3) is 22.2 Å². The lowest BCUT2D eigenvalue weighted by Crippen LogP contribution is -2.49. The van der Waals surface area contributed by atoms with E-state index in [0.29, 0.717) is 31.9 Å². The van der Waals surface area contributed by atoms with Crippen LogP contribution in [0.3, 0.4) is 0 Å². The summed E-state index contributed by atoms with van der Waals surface area (Å²) < 4.78 is 15.9. The number of aromatic nitrogens is 2. The van der Waals surface area contributed by atoms with Gasteiger partial charge < -0.3 is 9.80 Å². The first-order valence-electron chi connectivity index (χ1n) is 10.5. The Labute approximate surface area is 180 Å². The Kier molecular flexibility index (Phi) is 5.12. The Morgan fingerprint density at radius 2 is 1.52 bits per heavy atom. The molecule has 2 heterocycles. The standard InChI is InChI=1S/C25H23FN4O/c26-21-11-5-7-13-23(21)28-14-16-29(17-15-28)24(31)18-30-22-12-6-4-10-20(22)25(27-30)19-8-2-1-3-9-19/h1-13H,14-18H2. The third-order valence-electron chi connectivity index (χ3n) is 5.82. The third kappa shape index (κ3) is 3.77. The van der Waals surface area contributed by atoms with Crippen LogP contribution in [0.4, 0.5) is 10.1 Å². The Morgan fingerprint density at radius 1 is 0.839 bits per heavy atom. The Bertz CT molecular complexity index is 1210. The maximum atomic E-state index is 14.1. The molecule has 1 aromatic heterocycles. The molecule has 0 bridgehead atoms. The minimum Gasteiger partial charge on any atom is -0.366 e. The minimum absolute atomic E-state index is 0.0287. The summed E-state index contributed by atoms with van der Waals surface area (Å²) in [6, 6.07) is 24.8. The van der Waals surface area contributed by atoms with Crippen LogP contribution in [0.2, 0.25) is 0 Å². The predicted molar refractivity (Wildman–Crippen MR) is 120 cm³/mol. The molecule has 1 aliphatic heterocycles. The van der Waals surface area contributed by atoms with Gasteiger partial charge in [-0.2, -0.15) is 5.10 Å². The van der Waals surface area contributed by atoms with Gasteiger partial charge in [0.25, 0.3) is 0 Å². The number of nitrogens with zero attached hydrogens (tertiary/aromatic N) is 4. The predicted octanol–water partition coefficient (Wildman–Crippen LogP) is 4.19. The lowest BCUT2D eigenvalue weighted by molar-refractivity contribution is -0.132. The molecule has 1 fully saturated rings. The van der Waals surface area contributed by atoms with E-state index < -0.39 is 0 Å². The van der Waals surface area contributed by atoms with E-state index in [1.54, 1.807) is 16.8 Å². The highest BCUT2D eigenvalue weighted by Crippen LogP contribution is 2.28. The first-order chi connectivity index (χ1) is 15.2. The topological polar surface area (TPSA) is 41.4 Å². The molecule has 0 aliphatic carbocycles. The first-order valence-corrected chi connectivity index (χ1v) is 10.5. The summed E-state index contributed by atoms with van der Waals surface area (Å²) >= 11 is 0. The van der Waals surface area contributed by atoms with Crippen molar-refractivity contribution in [3.63, 3.8) is 0 Å². The van der Waals surface area contributed by atoms with Crippen LogP contribution >= 0.6 is 0 Å². The fourth-order valence-electron chi connectivity index (χ4n) is 4.19. The number of carbonyl (C=O) groups excluding carboxylic acids is 1. The number of carbonyl (C=O) groups is 1. The zero-order chi connectivity index (χ0) is 21.2. The van der Waals surface area contributed by atoms with Gasteiger partial charge in [-0.3, -0.25) is 9.48 Å². The quantitative estimate of drug-likeness (QED) is 0.503. The van der Waals surface area contributed by atoms with Crippen molar-refractivity contribution in [3.05, 3.63) is 84.7 Å². The second-order valence-electron chi connectivity index (χ2n) is 7.71. The molecule has 4 aromatic rings. The summed E-state index contributed by atoms with van der Waals surface area (Å²) in [6.07, 6.45) is 0. The number of rotatable bonds is 4. The van der Waals surface area contributed by atoms with E-state index in [4.69, 9.17) is 5.10 Å². The monoisotopic (exact) mass is 414 g/mol. The molecule has 156 valence electrons. The van der Waals surface area contributed by atoms with Crippen LogP contribution in [0, 0.1) is 5.82 Å². The van der Waals surface area contributed by atoms with Gasteiger partial charge in [-0.25, -0.2) is 4.39 Å². The number of benzene rings is 3. The first kappa shape index (κ1) is 19.3. The van der Waals surface area contributed by atoms with Crippen LogP contribution in [0.15, 0.2) is 78.9 Å². The normalized spacial score (nSPS) is 14.2. The molecular weight excluding hydrogens is 391 g/mol. The smallest absolute Gasteiger partial charge is 0.244 e. The van der Waals surface area contributed by atoms with Crippen molar-refractivity contribution >= 4 is 22.5 Å². The number of amides is 1. The molecule has 6 heteroatoms. The van der Waals surface area contributed by atoms with Gasteiger partial charge in [-0.05, 0) is 18.2 Å². The second kappa shape index (κ2) is 8.22. The average Bonchev–Trinajstić information content (AvgIpc) is 3.18. The number of hydrogen-bond acceptors (Lipinski definition) is 3. The van der Waals surface area contributed by atoms with Gasteiger partial charge in [-0.1, -0.05) is 60.7 Å². The molecule has 0 atom stereocenters. The van der Waals surface area contributed by atoms with Gasteiger partial charge >= 0.3 is 0 Å². The molecule has 31 heavy (non-hydrogen) atoms.